The number of hydrogen-bond acceptors (Lipinski definition) is 3. The second kappa shape index (κ2) is 45.8. The highest BCUT2D eigenvalue weighted by atomic mass is 16.3. The molecule has 0 aliphatic carbocycles. The summed E-state index contributed by atoms with van der Waals surface area (Å²) in [5.41, 5.74) is 0. The van der Waals surface area contributed by atoms with Crippen LogP contribution in [0.5, 0.6) is 0 Å². The Morgan fingerprint density at radius 3 is 0.849 bits per heavy atom. The molecular formula is C49H99NO3. The summed E-state index contributed by atoms with van der Waals surface area (Å²) in [4.78, 5) is 12.4. The molecule has 4 heteroatoms. The van der Waals surface area contributed by atoms with Gasteiger partial charge in [-0.3, -0.25) is 4.79 Å². The molecule has 4 nitrogen and oxygen atoms in total. The van der Waals surface area contributed by atoms with E-state index in [1.807, 2.05) is 0 Å². The monoisotopic (exact) mass is 750 g/mol. The summed E-state index contributed by atoms with van der Waals surface area (Å²) < 4.78 is 0. The zero-order valence-electron chi connectivity index (χ0n) is 36.6. The molecule has 0 aromatic rings. The molecule has 0 aromatic heterocycles. The minimum atomic E-state index is -0.653. The van der Waals surface area contributed by atoms with Gasteiger partial charge in [0.25, 0.3) is 0 Å². The lowest BCUT2D eigenvalue weighted by Gasteiger charge is -2.22. The molecule has 0 spiro atoms. The van der Waals surface area contributed by atoms with Gasteiger partial charge in [-0.25, -0.2) is 0 Å². The molecule has 318 valence electrons. The molecule has 0 aliphatic heterocycles. The minimum absolute atomic E-state index is 0.0244. The Kier molecular flexibility index (Phi) is 45.3. The molecule has 0 saturated carbocycles. The van der Waals surface area contributed by atoms with Crippen LogP contribution in [-0.2, 0) is 4.79 Å². The fraction of sp³-hybridized carbons (Fsp3) is 0.980. The molecule has 2 atom stereocenters. The van der Waals surface area contributed by atoms with Gasteiger partial charge >= 0.3 is 0 Å². The van der Waals surface area contributed by atoms with Crippen LogP contribution in [0.4, 0.5) is 0 Å². The molecular weight excluding hydrogens is 651 g/mol. The molecule has 0 unspecified atom stereocenters. The Balaban J connectivity index is 3.39. The molecule has 0 radical (unpaired) electrons. The molecule has 0 aromatic carbocycles. The van der Waals surface area contributed by atoms with Gasteiger partial charge in [-0.2, -0.15) is 0 Å². The van der Waals surface area contributed by atoms with E-state index in [4.69, 9.17) is 0 Å². The number of aliphatic hydroxyl groups is 2. The number of carbonyl (C=O) groups excluding carboxylic acids is 1. The predicted molar refractivity (Wildman–Crippen MR) is 235 cm³/mol. The summed E-state index contributed by atoms with van der Waals surface area (Å²) in [6.45, 7) is 4.39. The third kappa shape index (κ3) is 42.4. The van der Waals surface area contributed by atoms with Crippen molar-refractivity contribution in [3.05, 3.63) is 0 Å². The minimum Gasteiger partial charge on any atom is -0.394 e. The zero-order chi connectivity index (χ0) is 38.6. The molecule has 53 heavy (non-hydrogen) atoms. The highest BCUT2D eigenvalue weighted by Gasteiger charge is 2.20. The van der Waals surface area contributed by atoms with Crippen LogP contribution < -0.4 is 5.32 Å². The van der Waals surface area contributed by atoms with Gasteiger partial charge in [0.05, 0.1) is 18.8 Å². The fourth-order valence-corrected chi connectivity index (χ4v) is 8.07. The van der Waals surface area contributed by atoms with Crippen molar-refractivity contribution in [2.75, 3.05) is 6.61 Å². The Bertz CT molecular complexity index is 685. The summed E-state index contributed by atoms with van der Waals surface area (Å²) in [7, 11) is 0. The first-order valence-corrected chi connectivity index (χ1v) is 24.7. The highest BCUT2D eigenvalue weighted by molar-refractivity contribution is 5.76. The van der Waals surface area contributed by atoms with E-state index in [1.54, 1.807) is 0 Å². The first-order chi connectivity index (χ1) is 26.2. The Hall–Kier alpha value is -0.610. The van der Waals surface area contributed by atoms with Crippen molar-refractivity contribution >= 4 is 5.91 Å². The van der Waals surface area contributed by atoms with Gasteiger partial charge in [-0.1, -0.05) is 271 Å². The van der Waals surface area contributed by atoms with Crippen molar-refractivity contribution in [3.63, 3.8) is 0 Å². The van der Waals surface area contributed by atoms with E-state index in [-0.39, 0.29) is 12.5 Å². The van der Waals surface area contributed by atoms with Gasteiger partial charge in [-0.15, -0.1) is 0 Å². The maximum absolute atomic E-state index is 12.4. The summed E-state index contributed by atoms with van der Waals surface area (Å²) >= 11 is 0. The number of aliphatic hydroxyl groups excluding tert-OH is 2. The van der Waals surface area contributed by atoms with Crippen molar-refractivity contribution in [1.82, 2.24) is 5.32 Å². The average Bonchev–Trinajstić information content (AvgIpc) is 3.16. The van der Waals surface area contributed by atoms with Crippen LogP contribution in [-0.4, -0.2) is 34.9 Å². The third-order valence-electron chi connectivity index (χ3n) is 11.9. The maximum atomic E-state index is 12.4. The first kappa shape index (κ1) is 52.4. The SMILES string of the molecule is CCCCCCCCCCCCCCCCCCCCCCCCCCCCCC(=O)N[C@@H](CO)[C@H](O)CCCCCCCCCCCCCCCC. The van der Waals surface area contributed by atoms with Crippen molar-refractivity contribution in [1.29, 1.82) is 0 Å². The lowest BCUT2D eigenvalue weighted by molar-refractivity contribution is -0.123. The lowest BCUT2D eigenvalue weighted by Crippen LogP contribution is -2.45. The second-order valence-corrected chi connectivity index (χ2v) is 17.3. The van der Waals surface area contributed by atoms with E-state index in [2.05, 4.69) is 19.2 Å². The van der Waals surface area contributed by atoms with Crippen LogP contribution in [0.3, 0.4) is 0 Å². The van der Waals surface area contributed by atoms with E-state index in [0.717, 1.165) is 25.7 Å². The normalized spacial score (nSPS) is 12.8. The van der Waals surface area contributed by atoms with Gasteiger partial charge in [0.1, 0.15) is 0 Å². The number of hydrogen-bond donors (Lipinski definition) is 3. The molecule has 0 heterocycles. The third-order valence-corrected chi connectivity index (χ3v) is 11.9. The standard InChI is InChI=1S/C49H99NO3/c1-3-5-7-9-11-13-15-17-19-20-21-22-23-24-25-26-27-28-29-30-31-33-35-37-39-41-43-45-49(53)50-47(46-51)48(52)44-42-40-38-36-34-32-18-16-14-12-10-8-6-4-2/h47-48,51-52H,3-46H2,1-2H3,(H,50,53)/t47-,48+/m0/s1. The molecule has 1 amide bonds. The molecule has 0 saturated heterocycles. The van der Waals surface area contributed by atoms with Crippen molar-refractivity contribution in [3.8, 4) is 0 Å². The summed E-state index contributed by atoms with van der Waals surface area (Å²) in [5.74, 6) is -0.0244. The van der Waals surface area contributed by atoms with E-state index in [1.165, 1.54) is 238 Å². The second-order valence-electron chi connectivity index (χ2n) is 17.3. The van der Waals surface area contributed by atoms with Crippen molar-refractivity contribution in [2.45, 2.75) is 302 Å². The van der Waals surface area contributed by atoms with Gasteiger partial charge in [0.2, 0.25) is 5.91 Å². The lowest BCUT2D eigenvalue weighted by atomic mass is 10.0. The molecule has 0 bridgehead atoms. The van der Waals surface area contributed by atoms with Crippen molar-refractivity contribution in [2.24, 2.45) is 0 Å². The van der Waals surface area contributed by atoms with Crippen LogP contribution in [0.1, 0.15) is 290 Å². The summed E-state index contributed by atoms with van der Waals surface area (Å²) in [6, 6.07) is -0.529. The van der Waals surface area contributed by atoms with Crippen LogP contribution in [0.2, 0.25) is 0 Å². The van der Waals surface area contributed by atoms with Crippen molar-refractivity contribution < 1.29 is 15.0 Å². The van der Waals surface area contributed by atoms with Crippen LogP contribution in [0, 0.1) is 0 Å². The number of carbonyl (C=O) groups is 1. The average molecular weight is 750 g/mol. The van der Waals surface area contributed by atoms with Crippen LogP contribution in [0.25, 0.3) is 0 Å². The molecule has 0 aliphatic rings. The van der Waals surface area contributed by atoms with E-state index < -0.39 is 12.1 Å². The van der Waals surface area contributed by atoms with E-state index in [9.17, 15) is 15.0 Å². The van der Waals surface area contributed by atoms with E-state index >= 15 is 0 Å². The Labute approximate surface area is 334 Å². The summed E-state index contributed by atoms with van der Waals surface area (Å²) in [6.07, 6.45) is 56.4. The zero-order valence-corrected chi connectivity index (χ0v) is 36.6. The quantitative estimate of drug-likeness (QED) is 0.0543. The Morgan fingerprint density at radius 1 is 0.377 bits per heavy atom. The van der Waals surface area contributed by atoms with E-state index in [0.29, 0.717) is 12.8 Å². The largest absolute Gasteiger partial charge is 0.394 e. The van der Waals surface area contributed by atoms with Crippen LogP contribution >= 0.6 is 0 Å². The predicted octanol–water partition coefficient (Wildman–Crippen LogP) is 15.6. The first-order valence-electron chi connectivity index (χ1n) is 24.7. The number of amides is 1. The van der Waals surface area contributed by atoms with Gasteiger partial charge < -0.3 is 15.5 Å². The molecule has 0 fully saturated rings. The highest BCUT2D eigenvalue weighted by Crippen LogP contribution is 2.18. The van der Waals surface area contributed by atoms with Gasteiger partial charge in [0, 0.05) is 6.42 Å². The topological polar surface area (TPSA) is 69.6 Å². The number of nitrogens with one attached hydrogen (secondary N) is 1. The van der Waals surface area contributed by atoms with Crippen LogP contribution in [0.15, 0.2) is 0 Å². The smallest absolute Gasteiger partial charge is 0.220 e. The Morgan fingerprint density at radius 2 is 0.604 bits per heavy atom. The summed E-state index contributed by atoms with van der Waals surface area (Å²) in [5, 5.41) is 23.2. The number of rotatable bonds is 46. The molecule has 3 N–H and O–H groups in total. The fourth-order valence-electron chi connectivity index (χ4n) is 8.07. The molecule has 0 rings (SSSR count). The van der Waals surface area contributed by atoms with Gasteiger partial charge in [0.15, 0.2) is 0 Å². The van der Waals surface area contributed by atoms with Gasteiger partial charge in [-0.05, 0) is 12.8 Å². The number of unbranched alkanes of at least 4 members (excludes halogenated alkanes) is 39. The maximum Gasteiger partial charge on any atom is 0.220 e.